The Bertz CT molecular complexity index is 492. The Labute approximate surface area is 112 Å². The molecule has 0 amide bonds. The smallest absolute Gasteiger partial charge is 0.171 e. The molecule has 2 aliphatic rings. The predicted molar refractivity (Wildman–Crippen MR) is 71.9 cm³/mol. The Morgan fingerprint density at radius 3 is 2.58 bits per heavy atom. The fraction of sp³-hybridized carbons (Fsp3) is 0.692. The van der Waals surface area contributed by atoms with Gasteiger partial charge >= 0.3 is 0 Å². The first-order chi connectivity index (χ1) is 9.31. The minimum Gasteiger partial charge on any atom is -0.383 e. The molecule has 1 saturated heterocycles. The minimum absolute atomic E-state index is 0.363. The fourth-order valence-electron chi connectivity index (χ4n) is 2.97. The van der Waals surface area contributed by atoms with Crippen molar-refractivity contribution in [1.82, 2.24) is 9.78 Å². The van der Waals surface area contributed by atoms with Crippen molar-refractivity contribution in [2.45, 2.75) is 31.7 Å². The van der Waals surface area contributed by atoms with E-state index in [0.29, 0.717) is 30.6 Å². The van der Waals surface area contributed by atoms with Crippen molar-refractivity contribution in [3.8, 4) is 6.07 Å². The predicted octanol–water partition coefficient (Wildman–Crippen LogP) is 1.29. The number of rotatable bonds is 2. The van der Waals surface area contributed by atoms with Crippen LogP contribution in [0.15, 0.2) is 0 Å². The number of nitrogen functional groups attached to an aromatic ring is 1. The topological polar surface area (TPSA) is 80.1 Å². The molecule has 0 aromatic carbocycles. The molecule has 1 saturated carbocycles. The van der Waals surface area contributed by atoms with Crippen molar-refractivity contribution in [2.24, 2.45) is 0 Å². The Balaban J connectivity index is 1.94. The molecule has 102 valence electrons. The number of hydrogen-bond donors (Lipinski definition) is 1. The first-order valence-electron chi connectivity index (χ1n) is 6.92. The molecule has 0 radical (unpaired) electrons. The fourth-order valence-corrected chi connectivity index (χ4v) is 2.97. The lowest BCUT2D eigenvalue weighted by Gasteiger charge is -2.26. The summed E-state index contributed by atoms with van der Waals surface area (Å²) in [6.45, 7) is 2.91. The van der Waals surface area contributed by atoms with Gasteiger partial charge in [-0.25, -0.2) is 4.68 Å². The van der Waals surface area contributed by atoms with Gasteiger partial charge in [0.2, 0.25) is 0 Å². The highest BCUT2D eigenvalue weighted by atomic mass is 16.5. The van der Waals surface area contributed by atoms with Gasteiger partial charge in [-0.2, -0.15) is 10.4 Å². The Morgan fingerprint density at radius 1 is 1.26 bits per heavy atom. The van der Waals surface area contributed by atoms with Gasteiger partial charge in [0.1, 0.15) is 17.5 Å². The summed E-state index contributed by atoms with van der Waals surface area (Å²) in [4.78, 5) is 2.10. The number of nitriles is 1. The molecule has 1 aromatic heterocycles. The molecule has 6 heteroatoms. The number of aromatic nitrogens is 2. The summed E-state index contributed by atoms with van der Waals surface area (Å²) in [6.07, 6.45) is 4.66. The van der Waals surface area contributed by atoms with Crippen molar-refractivity contribution in [2.75, 3.05) is 36.9 Å². The molecular weight excluding hydrogens is 242 g/mol. The number of ether oxygens (including phenoxy) is 1. The zero-order valence-corrected chi connectivity index (χ0v) is 11.0. The van der Waals surface area contributed by atoms with Crippen LogP contribution in [0.2, 0.25) is 0 Å². The van der Waals surface area contributed by atoms with Crippen molar-refractivity contribution in [3.63, 3.8) is 0 Å². The monoisotopic (exact) mass is 261 g/mol. The lowest BCUT2D eigenvalue weighted by atomic mass is 10.2. The van der Waals surface area contributed by atoms with Crippen molar-refractivity contribution >= 4 is 11.6 Å². The second-order valence-corrected chi connectivity index (χ2v) is 5.18. The maximum absolute atomic E-state index is 9.34. The van der Waals surface area contributed by atoms with Crippen LogP contribution in [-0.4, -0.2) is 36.1 Å². The standard InChI is InChI=1S/C13H19N5O/c14-9-11-12(15)18(10-3-1-2-4-10)16-13(11)17-5-7-19-8-6-17/h10H,1-8,15H2. The summed E-state index contributed by atoms with van der Waals surface area (Å²) >= 11 is 0. The molecule has 0 atom stereocenters. The van der Waals surface area contributed by atoms with Gasteiger partial charge in [0.05, 0.1) is 19.3 Å². The quantitative estimate of drug-likeness (QED) is 0.867. The second-order valence-electron chi connectivity index (χ2n) is 5.18. The molecule has 6 nitrogen and oxygen atoms in total. The van der Waals surface area contributed by atoms with Crippen LogP contribution < -0.4 is 10.6 Å². The van der Waals surface area contributed by atoms with Crippen LogP contribution in [0.25, 0.3) is 0 Å². The van der Waals surface area contributed by atoms with Gasteiger partial charge in [-0.1, -0.05) is 12.8 Å². The molecule has 0 unspecified atom stereocenters. The van der Waals surface area contributed by atoms with Crippen LogP contribution >= 0.6 is 0 Å². The van der Waals surface area contributed by atoms with Crippen LogP contribution in [0.3, 0.4) is 0 Å². The van der Waals surface area contributed by atoms with E-state index in [-0.39, 0.29) is 0 Å². The van der Waals surface area contributed by atoms with E-state index in [1.165, 1.54) is 12.8 Å². The van der Waals surface area contributed by atoms with E-state index in [4.69, 9.17) is 10.5 Å². The SMILES string of the molecule is N#Cc1c(N2CCOCC2)nn(C2CCCC2)c1N. The van der Waals surface area contributed by atoms with Crippen molar-refractivity contribution in [3.05, 3.63) is 5.56 Å². The Kier molecular flexibility index (Phi) is 3.30. The number of morpholine rings is 1. The summed E-state index contributed by atoms with van der Waals surface area (Å²) in [5.41, 5.74) is 6.64. The summed E-state index contributed by atoms with van der Waals surface area (Å²) in [5, 5.41) is 14.0. The third-order valence-electron chi connectivity index (χ3n) is 4.02. The van der Waals surface area contributed by atoms with Crippen molar-refractivity contribution < 1.29 is 4.74 Å². The number of nitrogens with zero attached hydrogens (tertiary/aromatic N) is 4. The highest BCUT2D eigenvalue weighted by Crippen LogP contribution is 2.34. The van der Waals surface area contributed by atoms with E-state index in [1.807, 2.05) is 4.68 Å². The minimum atomic E-state index is 0.363. The first kappa shape index (κ1) is 12.3. The second kappa shape index (κ2) is 5.10. The zero-order valence-electron chi connectivity index (χ0n) is 11.0. The Morgan fingerprint density at radius 2 is 1.95 bits per heavy atom. The van der Waals surface area contributed by atoms with Gasteiger partial charge in [-0.15, -0.1) is 0 Å². The van der Waals surface area contributed by atoms with Crippen LogP contribution in [-0.2, 0) is 4.74 Å². The first-order valence-corrected chi connectivity index (χ1v) is 6.92. The molecule has 1 aromatic rings. The average molecular weight is 261 g/mol. The highest BCUT2D eigenvalue weighted by Gasteiger charge is 2.27. The van der Waals surface area contributed by atoms with E-state index in [1.54, 1.807) is 0 Å². The molecule has 2 N–H and O–H groups in total. The van der Waals surface area contributed by atoms with E-state index in [9.17, 15) is 5.26 Å². The molecule has 1 aliphatic heterocycles. The van der Waals surface area contributed by atoms with E-state index >= 15 is 0 Å². The van der Waals surface area contributed by atoms with Gasteiger partial charge in [-0.3, -0.25) is 0 Å². The Hall–Kier alpha value is -1.74. The lowest BCUT2D eigenvalue weighted by molar-refractivity contribution is 0.122. The van der Waals surface area contributed by atoms with Gasteiger partial charge in [0.25, 0.3) is 0 Å². The zero-order chi connectivity index (χ0) is 13.2. The van der Waals surface area contributed by atoms with E-state index in [0.717, 1.165) is 31.7 Å². The van der Waals surface area contributed by atoms with Gasteiger partial charge in [0, 0.05) is 13.1 Å². The van der Waals surface area contributed by atoms with Crippen LogP contribution in [0.1, 0.15) is 37.3 Å². The third kappa shape index (κ3) is 2.15. The van der Waals surface area contributed by atoms with Crippen LogP contribution in [0, 0.1) is 11.3 Å². The average Bonchev–Trinajstić information content (AvgIpc) is 3.07. The van der Waals surface area contributed by atoms with Gasteiger partial charge < -0.3 is 15.4 Å². The molecule has 2 fully saturated rings. The van der Waals surface area contributed by atoms with Gasteiger partial charge in [-0.05, 0) is 12.8 Å². The van der Waals surface area contributed by atoms with Gasteiger partial charge in [0.15, 0.2) is 5.82 Å². The molecular formula is C13H19N5O. The van der Waals surface area contributed by atoms with Crippen LogP contribution in [0.4, 0.5) is 11.6 Å². The maximum Gasteiger partial charge on any atom is 0.171 e. The molecule has 19 heavy (non-hydrogen) atoms. The summed E-state index contributed by atoms with van der Waals surface area (Å²) in [5.74, 6) is 1.26. The summed E-state index contributed by atoms with van der Waals surface area (Å²) in [7, 11) is 0. The lowest BCUT2D eigenvalue weighted by Crippen LogP contribution is -2.37. The van der Waals surface area contributed by atoms with Crippen molar-refractivity contribution in [1.29, 1.82) is 5.26 Å². The number of anilines is 2. The largest absolute Gasteiger partial charge is 0.383 e. The molecule has 3 rings (SSSR count). The number of nitrogens with two attached hydrogens (primary N) is 1. The molecule has 0 bridgehead atoms. The third-order valence-corrected chi connectivity index (χ3v) is 4.02. The summed E-state index contributed by atoms with van der Waals surface area (Å²) < 4.78 is 7.21. The molecule has 2 heterocycles. The number of hydrogen-bond acceptors (Lipinski definition) is 5. The normalized spacial score (nSPS) is 20.7. The maximum atomic E-state index is 9.34. The highest BCUT2D eigenvalue weighted by molar-refractivity contribution is 5.65. The van der Waals surface area contributed by atoms with Crippen LogP contribution in [0.5, 0.6) is 0 Å². The molecule has 0 spiro atoms. The summed E-state index contributed by atoms with van der Waals surface area (Å²) in [6, 6.07) is 2.58. The molecule has 1 aliphatic carbocycles. The van der Waals surface area contributed by atoms with E-state index < -0.39 is 0 Å². The van der Waals surface area contributed by atoms with E-state index in [2.05, 4.69) is 16.1 Å².